The second-order valence-corrected chi connectivity index (χ2v) is 9.71. The molecule has 6 nitrogen and oxygen atoms in total. The smallest absolute Gasteiger partial charge is 0.390 e. The van der Waals surface area contributed by atoms with Crippen LogP contribution in [0.2, 0.25) is 5.02 Å². The number of likely N-dealkylation sites (tertiary alicyclic amines) is 1. The van der Waals surface area contributed by atoms with Crippen molar-refractivity contribution in [3.8, 4) is 0 Å². The van der Waals surface area contributed by atoms with Crippen LogP contribution in [-0.2, 0) is 11.3 Å². The number of aliphatic hydroxyl groups excluding tert-OH is 1. The van der Waals surface area contributed by atoms with Gasteiger partial charge in [0.1, 0.15) is 0 Å². The van der Waals surface area contributed by atoms with Crippen LogP contribution >= 0.6 is 11.6 Å². The third-order valence-corrected chi connectivity index (χ3v) is 7.03. The molecule has 2 aromatic rings. The number of aliphatic hydroxyl groups is 1. The third kappa shape index (κ3) is 6.27. The molecule has 0 saturated carbocycles. The van der Waals surface area contributed by atoms with E-state index in [1.165, 1.54) is 11.6 Å². The fraction of sp³-hybridized carbons (Fsp3) is 0.480. The number of rotatable bonds is 6. The summed E-state index contributed by atoms with van der Waals surface area (Å²) in [6.07, 6.45) is -3.75. The average Bonchev–Trinajstić information content (AvgIpc) is 3.20. The van der Waals surface area contributed by atoms with Gasteiger partial charge >= 0.3 is 12.1 Å². The SMILES string of the molecule is CN(C(=O)C(F)(F)F)c1ccccc1N1CC(O)C(NC2CCN(Cc3ccc(Cl)cc3)CC2)C1. The summed E-state index contributed by atoms with van der Waals surface area (Å²) < 4.78 is 38.9. The Bertz CT molecular complexity index is 1010. The summed E-state index contributed by atoms with van der Waals surface area (Å²) in [4.78, 5) is 16.6. The molecule has 2 N–H and O–H groups in total. The lowest BCUT2D eigenvalue weighted by Gasteiger charge is -2.34. The fourth-order valence-corrected chi connectivity index (χ4v) is 5.00. The van der Waals surface area contributed by atoms with Crippen LogP contribution in [0, 0.1) is 0 Å². The number of anilines is 2. The number of hydrogen-bond acceptors (Lipinski definition) is 5. The predicted octanol–water partition coefficient (Wildman–Crippen LogP) is 3.67. The van der Waals surface area contributed by atoms with E-state index in [2.05, 4.69) is 10.2 Å². The van der Waals surface area contributed by atoms with Crippen molar-refractivity contribution in [1.29, 1.82) is 0 Å². The Kier molecular flexibility index (Phi) is 7.90. The first-order valence-electron chi connectivity index (χ1n) is 11.7. The molecule has 0 radical (unpaired) electrons. The number of β-amino-alcohol motifs (C(OH)–C–C–N with tert-alkyl or cyclic N) is 1. The average molecular weight is 511 g/mol. The number of nitrogens with one attached hydrogen (secondary N) is 1. The summed E-state index contributed by atoms with van der Waals surface area (Å²) in [6.45, 7) is 3.44. The van der Waals surface area contributed by atoms with Gasteiger partial charge in [0.15, 0.2) is 0 Å². The van der Waals surface area contributed by atoms with Crippen LogP contribution in [0.4, 0.5) is 24.5 Å². The largest absolute Gasteiger partial charge is 0.471 e. The van der Waals surface area contributed by atoms with Gasteiger partial charge in [0.2, 0.25) is 0 Å². The summed E-state index contributed by atoms with van der Waals surface area (Å²) in [6, 6.07) is 14.4. The van der Waals surface area contributed by atoms with Crippen molar-refractivity contribution in [3.63, 3.8) is 0 Å². The molecule has 2 saturated heterocycles. The van der Waals surface area contributed by atoms with Crippen molar-refractivity contribution in [2.24, 2.45) is 0 Å². The Hall–Kier alpha value is -2.33. The lowest BCUT2D eigenvalue weighted by molar-refractivity contribution is -0.170. The molecular weight excluding hydrogens is 481 g/mol. The number of halogens is 4. The monoisotopic (exact) mass is 510 g/mol. The fourth-order valence-electron chi connectivity index (χ4n) is 4.87. The van der Waals surface area contributed by atoms with Crippen molar-refractivity contribution in [3.05, 3.63) is 59.1 Å². The van der Waals surface area contributed by atoms with Gasteiger partial charge in [0, 0.05) is 37.7 Å². The van der Waals surface area contributed by atoms with Crippen LogP contribution in [0.5, 0.6) is 0 Å². The molecule has 2 atom stereocenters. The highest BCUT2D eigenvalue weighted by Gasteiger charge is 2.43. The molecule has 2 unspecified atom stereocenters. The van der Waals surface area contributed by atoms with Crippen LogP contribution in [0.15, 0.2) is 48.5 Å². The molecular formula is C25H30ClF3N4O2. The third-order valence-electron chi connectivity index (χ3n) is 6.78. The van der Waals surface area contributed by atoms with Gasteiger partial charge in [-0.15, -0.1) is 0 Å². The number of hydrogen-bond donors (Lipinski definition) is 2. The number of nitrogens with zero attached hydrogens (tertiary/aromatic N) is 3. The van der Waals surface area contributed by atoms with Gasteiger partial charge in [0.05, 0.1) is 23.5 Å². The molecule has 2 aliphatic rings. The standard InChI is InChI=1S/C25H30ClF3N4O2/c1-31(24(35)25(27,28)29)21-4-2-3-5-22(21)33-15-20(23(34)16-33)30-19-10-12-32(13-11-19)14-17-6-8-18(26)9-7-17/h2-9,19-20,23,30,34H,10-16H2,1H3. The molecule has 2 heterocycles. The molecule has 0 bridgehead atoms. The molecule has 1 amide bonds. The number of carbonyl (C=O) groups is 1. The Balaban J connectivity index is 1.33. The number of benzene rings is 2. The van der Waals surface area contributed by atoms with Crippen LogP contribution in [0.1, 0.15) is 18.4 Å². The Morgan fingerprint density at radius 1 is 1.11 bits per heavy atom. The Labute approximate surface area is 208 Å². The summed E-state index contributed by atoms with van der Waals surface area (Å²) in [5, 5.41) is 15.0. The lowest BCUT2D eigenvalue weighted by atomic mass is 10.0. The number of carbonyl (C=O) groups excluding carboxylic acids is 1. The summed E-state index contributed by atoms with van der Waals surface area (Å²) in [7, 11) is 1.12. The molecule has 2 aliphatic heterocycles. The molecule has 190 valence electrons. The van der Waals surface area contributed by atoms with E-state index in [0.717, 1.165) is 44.5 Å². The van der Waals surface area contributed by atoms with E-state index in [-0.39, 0.29) is 24.3 Å². The molecule has 2 aromatic carbocycles. The first-order valence-corrected chi connectivity index (χ1v) is 12.1. The van der Waals surface area contributed by atoms with Gasteiger partial charge in [-0.1, -0.05) is 35.9 Å². The molecule has 10 heteroatoms. The van der Waals surface area contributed by atoms with Gasteiger partial charge in [-0.25, -0.2) is 0 Å². The van der Waals surface area contributed by atoms with Crippen molar-refractivity contribution in [1.82, 2.24) is 10.2 Å². The maximum Gasteiger partial charge on any atom is 0.471 e. The van der Waals surface area contributed by atoms with E-state index in [9.17, 15) is 23.1 Å². The van der Waals surface area contributed by atoms with E-state index in [1.807, 2.05) is 29.2 Å². The van der Waals surface area contributed by atoms with Gasteiger partial charge in [-0.2, -0.15) is 13.2 Å². The first-order chi connectivity index (χ1) is 16.6. The number of piperidine rings is 1. The van der Waals surface area contributed by atoms with Crippen molar-refractivity contribution >= 4 is 28.9 Å². The highest BCUT2D eigenvalue weighted by molar-refractivity contribution is 6.30. The number of amides is 1. The molecule has 0 aromatic heterocycles. The number of para-hydroxylation sites is 2. The number of alkyl halides is 3. The molecule has 0 spiro atoms. The predicted molar refractivity (Wildman–Crippen MR) is 131 cm³/mol. The van der Waals surface area contributed by atoms with E-state index < -0.39 is 18.2 Å². The molecule has 2 fully saturated rings. The van der Waals surface area contributed by atoms with E-state index >= 15 is 0 Å². The Morgan fingerprint density at radius 3 is 2.43 bits per heavy atom. The van der Waals surface area contributed by atoms with Crippen LogP contribution in [0.3, 0.4) is 0 Å². The van der Waals surface area contributed by atoms with Gasteiger partial charge in [0.25, 0.3) is 0 Å². The summed E-state index contributed by atoms with van der Waals surface area (Å²) >= 11 is 5.96. The maximum atomic E-state index is 13.0. The molecule has 4 rings (SSSR count). The Morgan fingerprint density at radius 2 is 1.77 bits per heavy atom. The van der Waals surface area contributed by atoms with Crippen LogP contribution in [0.25, 0.3) is 0 Å². The highest BCUT2D eigenvalue weighted by Crippen LogP contribution is 2.33. The zero-order valence-electron chi connectivity index (χ0n) is 19.5. The second kappa shape index (κ2) is 10.7. The van der Waals surface area contributed by atoms with Crippen LogP contribution in [-0.4, -0.2) is 73.5 Å². The molecule has 35 heavy (non-hydrogen) atoms. The lowest BCUT2D eigenvalue weighted by Crippen LogP contribution is -2.49. The summed E-state index contributed by atoms with van der Waals surface area (Å²) in [5.74, 6) is -1.93. The van der Waals surface area contributed by atoms with Gasteiger partial charge < -0.3 is 20.2 Å². The van der Waals surface area contributed by atoms with Gasteiger partial charge in [-0.3, -0.25) is 9.69 Å². The normalized spacial score (nSPS) is 21.9. The van der Waals surface area contributed by atoms with Crippen molar-refractivity contribution < 1.29 is 23.1 Å². The van der Waals surface area contributed by atoms with Crippen LogP contribution < -0.4 is 15.1 Å². The zero-order valence-corrected chi connectivity index (χ0v) is 20.3. The van der Waals surface area contributed by atoms with Crippen molar-refractivity contribution in [2.45, 2.75) is 43.8 Å². The first kappa shape index (κ1) is 25.8. The highest BCUT2D eigenvalue weighted by atomic mass is 35.5. The van der Waals surface area contributed by atoms with E-state index in [0.29, 0.717) is 17.1 Å². The van der Waals surface area contributed by atoms with E-state index in [1.54, 1.807) is 18.2 Å². The van der Waals surface area contributed by atoms with E-state index in [4.69, 9.17) is 11.6 Å². The minimum atomic E-state index is -4.96. The zero-order chi connectivity index (χ0) is 25.2. The maximum absolute atomic E-state index is 13.0. The summed E-state index contributed by atoms with van der Waals surface area (Å²) in [5.41, 5.74) is 1.88. The minimum Gasteiger partial charge on any atom is -0.390 e. The van der Waals surface area contributed by atoms with Crippen molar-refractivity contribution in [2.75, 3.05) is 43.0 Å². The quantitative estimate of drug-likeness (QED) is 0.621. The molecule has 0 aliphatic carbocycles. The topological polar surface area (TPSA) is 59.1 Å². The van der Waals surface area contributed by atoms with Gasteiger partial charge in [-0.05, 0) is 55.8 Å². The minimum absolute atomic E-state index is 0.165. The second-order valence-electron chi connectivity index (χ2n) is 9.27.